The molecule has 3 N–H and O–H groups in total. The number of allylic oxidation sites excluding steroid dienone is 2. The van der Waals surface area contributed by atoms with Crippen molar-refractivity contribution >= 4 is 5.97 Å². The Bertz CT molecular complexity index is 894. The average molecular weight is 497 g/mol. The van der Waals surface area contributed by atoms with Crippen molar-refractivity contribution in [3.8, 4) is 0 Å². The molecule has 0 aliphatic heterocycles. The monoisotopic (exact) mass is 496 g/mol. The smallest absolute Gasteiger partial charge is 0.545 e. The van der Waals surface area contributed by atoms with Crippen LogP contribution in [-0.2, 0) is 4.79 Å². The van der Waals surface area contributed by atoms with Gasteiger partial charge in [0.2, 0.25) is 0 Å². The molecular formula is C29H45NaO5. The van der Waals surface area contributed by atoms with Crippen LogP contribution in [-0.4, -0.2) is 39.6 Å². The maximum atomic E-state index is 12.2. The third-order valence-electron chi connectivity index (χ3n) is 11.3. The Morgan fingerprint density at radius 3 is 2.31 bits per heavy atom. The van der Waals surface area contributed by atoms with Crippen LogP contribution >= 0.6 is 0 Å². The summed E-state index contributed by atoms with van der Waals surface area (Å²) >= 11 is 0. The number of aliphatic hydroxyl groups excluding tert-OH is 3. The number of carbonyl (C=O) groups excluding carboxylic acids is 1. The van der Waals surface area contributed by atoms with E-state index in [2.05, 4.69) is 27.7 Å². The van der Waals surface area contributed by atoms with Crippen LogP contribution in [0, 0.1) is 39.9 Å². The van der Waals surface area contributed by atoms with E-state index >= 15 is 0 Å². The first-order valence-electron chi connectivity index (χ1n) is 13.4. The zero-order chi connectivity index (χ0) is 25.2. The molecule has 35 heavy (non-hydrogen) atoms. The Morgan fingerprint density at radius 1 is 1.06 bits per heavy atom. The van der Waals surface area contributed by atoms with Crippen LogP contribution in [0.3, 0.4) is 0 Å². The van der Waals surface area contributed by atoms with Gasteiger partial charge in [0, 0.05) is 0 Å². The van der Waals surface area contributed by atoms with Crippen LogP contribution in [0.5, 0.6) is 0 Å². The van der Waals surface area contributed by atoms with Gasteiger partial charge in [0.25, 0.3) is 0 Å². The van der Waals surface area contributed by atoms with Crippen LogP contribution in [0.1, 0.15) is 92.9 Å². The summed E-state index contributed by atoms with van der Waals surface area (Å²) in [7, 11) is 0. The predicted octanol–water partition coefficient (Wildman–Crippen LogP) is 0.765. The number of rotatable bonds is 4. The standard InChI is InChI=1S/C29H46O5.Na/c1-16(2)8-7-9-18(26(33)34)24-20-14-22(31)25-27(4)12-11-21(30)17(3)19(27)10-13-28(25,5)29(20,6)15-23(24)32;/h8,17,19-23,25,30-32H,7,9-15H2,1-6H3,(H,33,34);/q;+1/p-1/b24-18-;. The van der Waals surface area contributed by atoms with Crippen molar-refractivity contribution in [2.45, 2.75) is 111 Å². The summed E-state index contributed by atoms with van der Waals surface area (Å²) in [6.45, 7) is 13.0. The van der Waals surface area contributed by atoms with Gasteiger partial charge in [-0.2, -0.15) is 0 Å². The van der Waals surface area contributed by atoms with E-state index < -0.39 is 18.2 Å². The van der Waals surface area contributed by atoms with E-state index in [1.54, 1.807) is 0 Å². The van der Waals surface area contributed by atoms with Gasteiger partial charge in [0.1, 0.15) is 0 Å². The number of hydrogen-bond donors (Lipinski definition) is 3. The largest absolute Gasteiger partial charge is 1.00 e. The van der Waals surface area contributed by atoms with Gasteiger partial charge in [-0.3, -0.25) is 0 Å². The van der Waals surface area contributed by atoms with E-state index in [0.29, 0.717) is 37.2 Å². The normalized spacial score (nSPS) is 48.1. The first-order chi connectivity index (χ1) is 15.8. The molecule has 0 radical (unpaired) electrons. The molecule has 0 aromatic heterocycles. The first kappa shape index (κ1) is 29.4. The van der Waals surface area contributed by atoms with E-state index in [0.717, 1.165) is 31.3 Å². The van der Waals surface area contributed by atoms with Crippen molar-refractivity contribution in [2.24, 2.45) is 39.9 Å². The molecule has 0 amide bonds. The molecule has 4 aliphatic rings. The van der Waals surface area contributed by atoms with E-state index in [-0.39, 0.29) is 75.2 Å². The number of aliphatic hydroxyl groups is 3. The third kappa shape index (κ3) is 4.44. The van der Waals surface area contributed by atoms with Crippen molar-refractivity contribution in [3.05, 3.63) is 22.8 Å². The number of carboxylic acids is 1. The Morgan fingerprint density at radius 2 is 1.71 bits per heavy atom. The molecule has 5 nitrogen and oxygen atoms in total. The van der Waals surface area contributed by atoms with Crippen molar-refractivity contribution in [3.63, 3.8) is 0 Å². The van der Waals surface area contributed by atoms with Crippen LogP contribution < -0.4 is 34.7 Å². The molecule has 4 aliphatic carbocycles. The first-order valence-corrected chi connectivity index (χ1v) is 13.4. The second-order valence-electron chi connectivity index (χ2n) is 13.0. The van der Waals surface area contributed by atoms with Crippen molar-refractivity contribution < 1.29 is 54.8 Å². The number of carbonyl (C=O) groups is 1. The summed E-state index contributed by atoms with van der Waals surface area (Å²) in [6, 6.07) is 0. The molecule has 10 atom stereocenters. The van der Waals surface area contributed by atoms with Crippen LogP contribution in [0.15, 0.2) is 22.8 Å². The Labute approximate surface area is 233 Å². The number of hydrogen-bond acceptors (Lipinski definition) is 5. The Balaban J connectivity index is 0.00000342. The van der Waals surface area contributed by atoms with Gasteiger partial charge in [-0.1, -0.05) is 39.3 Å². The molecule has 0 aromatic carbocycles. The predicted molar refractivity (Wildman–Crippen MR) is 130 cm³/mol. The minimum Gasteiger partial charge on any atom is -0.545 e. The van der Waals surface area contributed by atoms with Crippen molar-refractivity contribution in [1.82, 2.24) is 0 Å². The summed E-state index contributed by atoms with van der Waals surface area (Å²) in [5, 5.41) is 45.8. The van der Waals surface area contributed by atoms with Gasteiger partial charge >= 0.3 is 29.6 Å². The minimum absolute atomic E-state index is 0. The molecule has 6 heteroatoms. The molecular weight excluding hydrogens is 451 g/mol. The molecule has 0 heterocycles. The molecule has 0 aromatic rings. The van der Waals surface area contributed by atoms with Crippen LogP contribution in [0.25, 0.3) is 0 Å². The summed E-state index contributed by atoms with van der Waals surface area (Å²) in [5.41, 5.74) is 1.40. The van der Waals surface area contributed by atoms with E-state index in [1.165, 1.54) is 0 Å². The number of aliphatic carboxylic acids is 1. The summed E-state index contributed by atoms with van der Waals surface area (Å²) in [4.78, 5) is 12.2. The topological polar surface area (TPSA) is 101 Å². The molecule has 0 spiro atoms. The fourth-order valence-electron chi connectivity index (χ4n) is 9.50. The molecule has 0 saturated heterocycles. The van der Waals surface area contributed by atoms with Crippen molar-refractivity contribution in [1.29, 1.82) is 0 Å². The van der Waals surface area contributed by atoms with E-state index in [1.807, 2.05) is 19.9 Å². The van der Waals surface area contributed by atoms with E-state index in [4.69, 9.17) is 0 Å². The third-order valence-corrected chi connectivity index (χ3v) is 11.3. The van der Waals surface area contributed by atoms with E-state index in [9.17, 15) is 25.2 Å². The fraction of sp³-hybridized carbons (Fsp3) is 0.828. The molecule has 10 unspecified atom stereocenters. The molecule has 4 fully saturated rings. The van der Waals surface area contributed by atoms with Crippen LogP contribution in [0.4, 0.5) is 0 Å². The van der Waals surface area contributed by atoms with Gasteiger partial charge in [-0.15, -0.1) is 0 Å². The number of carboxylic acid groups (broad SMARTS) is 1. The summed E-state index contributed by atoms with van der Waals surface area (Å²) in [6.07, 6.45) is 5.95. The zero-order valence-corrected chi connectivity index (χ0v) is 24.9. The van der Waals surface area contributed by atoms with Gasteiger partial charge < -0.3 is 25.2 Å². The zero-order valence-electron chi connectivity index (χ0n) is 22.9. The second-order valence-corrected chi connectivity index (χ2v) is 13.0. The van der Waals surface area contributed by atoms with Gasteiger partial charge in [-0.25, -0.2) is 0 Å². The maximum absolute atomic E-state index is 12.2. The minimum atomic E-state index is -1.19. The molecule has 192 valence electrons. The van der Waals surface area contributed by atoms with Gasteiger partial charge in [0.15, 0.2) is 0 Å². The van der Waals surface area contributed by atoms with Gasteiger partial charge in [-0.05, 0) is 116 Å². The van der Waals surface area contributed by atoms with Gasteiger partial charge in [0.05, 0.1) is 24.3 Å². The SMILES string of the molecule is CC(C)=CCC/C(C(=O)[O-])=C1/C(O)CC2(C)C1CC(O)C1C3(C)CCC(O)C(C)C3CCC12C.[Na+]. The second kappa shape index (κ2) is 10.2. The fourth-order valence-corrected chi connectivity index (χ4v) is 9.50. The average Bonchev–Trinajstić information content (AvgIpc) is 2.99. The van der Waals surface area contributed by atoms with Crippen molar-refractivity contribution in [2.75, 3.05) is 0 Å². The molecule has 4 rings (SSSR count). The quantitative estimate of drug-likeness (QED) is 0.303. The summed E-state index contributed by atoms with van der Waals surface area (Å²) < 4.78 is 0. The molecule has 4 saturated carbocycles. The Kier molecular flexibility index (Phi) is 8.55. The Hall–Kier alpha value is -0.170. The molecule has 0 bridgehead atoms. The number of fused-ring (bicyclic) bond motifs is 5. The van der Waals surface area contributed by atoms with Crippen LogP contribution in [0.2, 0.25) is 0 Å². The maximum Gasteiger partial charge on any atom is 1.00 e. The summed E-state index contributed by atoms with van der Waals surface area (Å²) in [5.74, 6) is -0.699.